The van der Waals surface area contributed by atoms with E-state index in [9.17, 15) is 9.59 Å². The van der Waals surface area contributed by atoms with Crippen LogP contribution in [-0.4, -0.2) is 36.1 Å². The summed E-state index contributed by atoms with van der Waals surface area (Å²) in [6.07, 6.45) is 0. The van der Waals surface area contributed by atoms with Gasteiger partial charge in [0.25, 0.3) is 5.91 Å². The number of hydrogen-bond acceptors (Lipinski definition) is 4. The van der Waals surface area contributed by atoms with E-state index in [1.54, 1.807) is 29.2 Å². The summed E-state index contributed by atoms with van der Waals surface area (Å²) < 4.78 is 11.1. The predicted octanol–water partition coefficient (Wildman–Crippen LogP) is 3.71. The Morgan fingerprint density at radius 3 is 2.70 bits per heavy atom. The van der Waals surface area contributed by atoms with Gasteiger partial charge in [-0.05, 0) is 43.7 Å². The molecule has 2 aromatic carbocycles. The monoisotopic (exact) mass is 363 g/mol. The Morgan fingerprint density at radius 2 is 1.89 bits per heavy atom. The molecule has 1 aromatic heterocycles. The number of fused-ring (bicyclic) bond motifs is 1. The number of ether oxygens (including phenoxy) is 1. The maximum atomic E-state index is 12.9. The van der Waals surface area contributed by atoms with Gasteiger partial charge < -0.3 is 14.1 Å². The second kappa shape index (κ2) is 6.67. The van der Waals surface area contributed by atoms with Crippen molar-refractivity contribution in [2.45, 2.75) is 19.4 Å². The molecule has 0 unspecified atom stereocenters. The van der Waals surface area contributed by atoms with Crippen LogP contribution in [0.1, 0.15) is 24.2 Å². The van der Waals surface area contributed by atoms with E-state index < -0.39 is 5.63 Å². The third-order valence-corrected chi connectivity index (χ3v) is 4.77. The average molecular weight is 363 g/mol. The van der Waals surface area contributed by atoms with Gasteiger partial charge >= 0.3 is 5.63 Å². The predicted molar refractivity (Wildman–Crippen MR) is 104 cm³/mol. The number of nitrogens with zero attached hydrogens (tertiary/aromatic N) is 1. The molecule has 1 saturated heterocycles. The van der Waals surface area contributed by atoms with Gasteiger partial charge in [0.2, 0.25) is 0 Å². The first kappa shape index (κ1) is 17.5. The Balaban J connectivity index is 1.70. The van der Waals surface area contributed by atoms with Crippen LogP contribution in [0.2, 0.25) is 0 Å². The fourth-order valence-electron chi connectivity index (χ4n) is 3.46. The van der Waals surface area contributed by atoms with Crippen LogP contribution in [0.25, 0.3) is 22.1 Å². The molecule has 0 bridgehead atoms. The first-order valence-electron chi connectivity index (χ1n) is 8.99. The Bertz CT molecular complexity index is 1070. The van der Waals surface area contributed by atoms with Crippen molar-refractivity contribution in [3.05, 3.63) is 70.6 Å². The molecule has 5 heteroatoms. The van der Waals surface area contributed by atoms with Gasteiger partial charge in [0, 0.05) is 24.0 Å². The van der Waals surface area contributed by atoms with Crippen molar-refractivity contribution in [3.8, 4) is 11.1 Å². The minimum absolute atomic E-state index is 0.0570. The maximum absolute atomic E-state index is 12.9. The molecule has 0 saturated carbocycles. The molecule has 27 heavy (non-hydrogen) atoms. The molecule has 1 aliphatic rings. The summed E-state index contributed by atoms with van der Waals surface area (Å²) in [5.41, 5.74) is 1.46. The van der Waals surface area contributed by atoms with Gasteiger partial charge in [-0.3, -0.25) is 4.79 Å². The highest BCUT2D eigenvalue weighted by Gasteiger charge is 2.30. The van der Waals surface area contributed by atoms with E-state index in [-0.39, 0.29) is 11.5 Å². The van der Waals surface area contributed by atoms with Gasteiger partial charge in [0.15, 0.2) is 0 Å². The lowest BCUT2D eigenvalue weighted by Gasteiger charge is -2.38. The van der Waals surface area contributed by atoms with Crippen LogP contribution in [0.4, 0.5) is 0 Å². The number of carbonyl (C=O) groups excluding carboxylic acids is 1. The van der Waals surface area contributed by atoms with Crippen molar-refractivity contribution < 1.29 is 13.9 Å². The van der Waals surface area contributed by atoms with E-state index in [0.29, 0.717) is 42.0 Å². The number of hydrogen-bond donors (Lipinski definition) is 0. The zero-order valence-corrected chi connectivity index (χ0v) is 15.4. The molecular weight excluding hydrogens is 342 g/mol. The summed E-state index contributed by atoms with van der Waals surface area (Å²) in [5, 5.41) is 0.846. The largest absolute Gasteiger partial charge is 0.422 e. The Morgan fingerprint density at radius 1 is 1.07 bits per heavy atom. The molecule has 2 heterocycles. The Hall–Kier alpha value is -2.92. The topological polar surface area (TPSA) is 59.8 Å². The van der Waals surface area contributed by atoms with Gasteiger partial charge in [0.05, 0.1) is 17.8 Å². The fourth-order valence-corrected chi connectivity index (χ4v) is 3.46. The summed E-state index contributed by atoms with van der Waals surface area (Å²) >= 11 is 0. The second-order valence-electron chi connectivity index (χ2n) is 7.40. The fraction of sp³-hybridized carbons (Fsp3) is 0.273. The van der Waals surface area contributed by atoms with Crippen LogP contribution in [0.3, 0.4) is 0 Å². The lowest BCUT2D eigenvalue weighted by molar-refractivity contribution is -0.0764. The van der Waals surface area contributed by atoms with E-state index in [1.807, 2.05) is 44.2 Å². The first-order chi connectivity index (χ1) is 12.9. The Labute approximate surface area is 157 Å². The molecular formula is C22H21NO4. The van der Waals surface area contributed by atoms with E-state index in [1.165, 1.54) is 0 Å². The molecule has 0 radical (unpaired) electrons. The molecule has 5 nitrogen and oxygen atoms in total. The molecule has 0 spiro atoms. The third kappa shape index (κ3) is 3.51. The summed E-state index contributed by atoms with van der Waals surface area (Å²) in [6.45, 7) is 5.57. The van der Waals surface area contributed by atoms with Crippen LogP contribution in [0.5, 0.6) is 0 Å². The SMILES string of the molecule is CC1(C)CN(C(=O)c2cccc(-c3cc4ccccc4oc3=O)c2)CCO1. The third-order valence-electron chi connectivity index (χ3n) is 4.77. The molecule has 1 amide bonds. The van der Waals surface area contributed by atoms with E-state index in [0.717, 1.165) is 5.39 Å². The second-order valence-corrected chi connectivity index (χ2v) is 7.40. The number of carbonyl (C=O) groups is 1. The normalized spacial score (nSPS) is 16.4. The highest BCUT2D eigenvalue weighted by Crippen LogP contribution is 2.24. The number of rotatable bonds is 2. The summed E-state index contributed by atoms with van der Waals surface area (Å²) in [7, 11) is 0. The standard InChI is InChI=1S/C22H21NO4/c1-22(2)14-23(10-11-26-22)20(24)17-8-5-7-15(12-17)18-13-16-6-3-4-9-19(16)27-21(18)25/h3-9,12-13H,10-11,14H2,1-2H3. The summed E-state index contributed by atoms with van der Waals surface area (Å²) in [5.74, 6) is -0.0570. The van der Waals surface area contributed by atoms with E-state index >= 15 is 0 Å². The molecule has 1 aliphatic heterocycles. The molecule has 138 valence electrons. The van der Waals surface area contributed by atoms with Gasteiger partial charge in [0.1, 0.15) is 5.58 Å². The minimum atomic E-state index is -0.411. The van der Waals surface area contributed by atoms with Crippen molar-refractivity contribution in [2.24, 2.45) is 0 Å². The van der Waals surface area contributed by atoms with Gasteiger partial charge in [-0.2, -0.15) is 0 Å². The van der Waals surface area contributed by atoms with Crippen LogP contribution >= 0.6 is 0 Å². The van der Waals surface area contributed by atoms with E-state index in [2.05, 4.69) is 0 Å². The lowest BCUT2D eigenvalue weighted by atomic mass is 10.0. The van der Waals surface area contributed by atoms with Gasteiger partial charge in [-0.15, -0.1) is 0 Å². The minimum Gasteiger partial charge on any atom is -0.422 e. The van der Waals surface area contributed by atoms with Crippen molar-refractivity contribution in [1.29, 1.82) is 0 Å². The van der Waals surface area contributed by atoms with Crippen LogP contribution in [0, 0.1) is 0 Å². The number of benzene rings is 2. The summed E-state index contributed by atoms with van der Waals surface area (Å²) in [6, 6.07) is 16.3. The summed E-state index contributed by atoms with van der Waals surface area (Å²) in [4.78, 5) is 27.2. The number of amides is 1. The maximum Gasteiger partial charge on any atom is 0.344 e. The molecule has 0 aliphatic carbocycles. The van der Waals surface area contributed by atoms with Gasteiger partial charge in [-0.1, -0.05) is 30.3 Å². The van der Waals surface area contributed by atoms with Crippen molar-refractivity contribution in [2.75, 3.05) is 19.7 Å². The highest BCUT2D eigenvalue weighted by molar-refractivity contribution is 5.96. The zero-order valence-electron chi connectivity index (χ0n) is 15.4. The molecule has 4 rings (SSSR count). The van der Waals surface area contributed by atoms with Crippen molar-refractivity contribution in [3.63, 3.8) is 0 Å². The lowest BCUT2D eigenvalue weighted by Crippen LogP contribution is -2.50. The van der Waals surface area contributed by atoms with Crippen LogP contribution in [0.15, 0.2) is 63.8 Å². The molecule has 3 aromatic rings. The molecule has 0 N–H and O–H groups in total. The zero-order chi connectivity index (χ0) is 19.0. The highest BCUT2D eigenvalue weighted by atomic mass is 16.5. The molecule has 1 fully saturated rings. The van der Waals surface area contributed by atoms with Crippen LogP contribution < -0.4 is 5.63 Å². The molecule has 0 atom stereocenters. The van der Waals surface area contributed by atoms with Crippen LogP contribution in [-0.2, 0) is 4.74 Å². The Kier molecular flexibility index (Phi) is 4.32. The number of para-hydroxylation sites is 1. The first-order valence-corrected chi connectivity index (χ1v) is 8.99. The number of morpholine rings is 1. The van der Waals surface area contributed by atoms with E-state index in [4.69, 9.17) is 9.15 Å². The smallest absolute Gasteiger partial charge is 0.344 e. The quantitative estimate of drug-likeness (QED) is 0.651. The average Bonchev–Trinajstić information content (AvgIpc) is 2.66. The van der Waals surface area contributed by atoms with Crippen molar-refractivity contribution in [1.82, 2.24) is 4.90 Å². The van der Waals surface area contributed by atoms with Gasteiger partial charge in [-0.25, -0.2) is 4.79 Å². The van der Waals surface area contributed by atoms with Crippen molar-refractivity contribution >= 4 is 16.9 Å².